The Labute approximate surface area is 152 Å². The highest BCUT2D eigenvalue weighted by molar-refractivity contribution is 7.89. The quantitative estimate of drug-likeness (QED) is 0.659. The first-order valence-corrected chi connectivity index (χ1v) is 9.68. The summed E-state index contributed by atoms with van der Waals surface area (Å²) in [4.78, 5) is 16.5. The summed E-state index contributed by atoms with van der Waals surface area (Å²) >= 11 is 0. The van der Waals surface area contributed by atoms with E-state index in [0.717, 1.165) is 16.9 Å². The zero-order valence-electron chi connectivity index (χ0n) is 14.3. The van der Waals surface area contributed by atoms with E-state index in [4.69, 9.17) is 0 Å². The van der Waals surface area contributed by atoms with Gasteiger partial charge in [-0.1, -0.05) is 24.3 Å². The number of nitrogens with zero attached hydrogens (tertiary/aromatic N) is 2. The Bertz CT molecular complexity index is 1010. The van der Waals surface area contributed by atoms with Crippen molar-refractivity contribution in [1.29, 1.82) is 0 Å². The molecular formula is C18H20N4O3S. The maximum Gasteiger partial charge on any atom is 0.240 e. The number of carbonyl (C=O) groups excluding carboxylic acids is 1. The molecule has 2 N–H and O–H groups in total. The topological polar surface area (TPSA) is 92.6 Å². The maximum atomic E-state index is 12.1. The van der Waals surface area contributed by atoms with Gasteiger partial charge in [0, 0.05) is 25.4 Å². The van der Waals surface area contributed by atoms with Crippen LogP contribution in [0.1, 0.15) is 17.7 Å². The van der Waals surface area contributed by atoms with Gasteiger partial charge in [-0.2, -0.15) is 0 Å². The van der Waals surface area contributed by atoms with Gasteiger partial charge in [0.25, 0.3) is 0 Å². The lowest BCUT2D eigenvalue weighted by atomic mass is 10.3. The second-order valence-corrected chi connectivity index (χ2v) is 7.71. The minimum Gasteiger partial charge on any atom is -0.350 e. The third kappa shape index (κ3) is 4.47. The normalized spacial score (nSPS) is 11.6. The average molecular weight is 372 g/mol. The fraction of sp³-hybridized carbons (Fsp3) is 0.222. The van der Waals surface area contributed by atoms with Gasteiger partial charge in [0.05, 0.1) is 17.1 Å². The molecule has 0 aliphatic rings. The number of rotatable bonds is 7. The van der Waals surface area contributed by atoms with Gasteiger partial charge in [0.2, 0.25) is 15.9 Å². The van der Waals surface area contributed by atoms with Crippen molar-refractivity contribution in [2.45, 2.75) is 24.8 Å². The van der Waals surface area contributed by atoms with Crippen molar-refractivity contribution in [2.75, 3.05) is 6.54 Å². The highest BCUT2D eigenvalue weighted by Crippen LogP contribution is 2.08. The number of aryl methyl sites for hydroxylation is 1. The molecule has 0 spiro atoms. The number of amides is 1. The highest BCUT2D eigenvalue weighted by atomic mass is 32.2. The Morgan fingerprint density at radius 1 is 1.12 bits per heavy atom. The lowest BCUT2D eigenvalue weighted by Gasteiger charge is -2.07. The van der Waals surface area contributed by atoms with Crippen molar-refractivity contribution in [3.05, 3.63) is 66.1 Å². The molecule has 0 bridgehead atoms. The van der Waals surface area contributed by atoms with Crippen LogP contribution < -0.4 is 10.0 Å². The average Bonchev–Trinajstić information content (AvgIpc) is 3.02. The Balaban J connectivity index is 1.48. The van der Waals surface area contributed by atoms with Gasteiger partial charge in [0.15, 0.2) is 0 Å². The SMILES string of the molecule is Cc1ccc2nc(CNC(=O)CCNS(=O)(=O)c3ccccc3)cn2c1. The zero-order chi connectivity index (χ0) is 18.6. The fourth-order valence-electron chi connectivity index (χ4n) is 2.50. The third-order valence-corrected chi connectivity index (χ3v) is 5.29. The minimum atomic E-state index is -3.59. The van der Waals surface area contributed by atoms with Crippen molar-refractivity contribution in [1.82, 2.24) is 19.4 Å². The molecule has 0 aliphatic carbocycles. The minimum absolute atomic E-state index is 0.0351. The van der Waals surface area contributed by atoms with Crippen LogP contribution in [0.5, 0.6) is 0 Å². The number of benzene rings is 1. The lowest BCUT2D eigenvalue weighted by Crippen LogP contribution is -2.30. The zero-order valence-corrected chi connectivity index (χ0v) is 15.2. The number of sulfonamides is 1. The van der Waals surface area contributed by atoms with E-state index in [1.807, 2.05) is 35.9 Å². The largest absolute Gasteiger partial charge is 0.350 e. The second kappa shape index (κ2) is 7.67. The van der Waals surface area contributed by atoms with Gasteiger partial charge in [-0.3, -0.25) is 4.79 Å². The van der Waals surface area contributed by atoms with Crippen molar-refractivity contribution in [2.24, 2.45) is 0 Å². The molecule has 0 saturated carbocycles. The summed E-state index contributed by atoms with van der Waals surface area (Å²) in [7, 11) is -3.59. The first-order valence-electron chi connectivity index (χ1n) is 8.20. The molecule has 136 valence electrons. The molecule has 0 fully saturated rings. The van der Waals surface area contributed by atoms with Gasteiger partial charge in [-0.15, -0.1) is 0 Å². The summed E-state index contributed by atoms with van der Waals surface area (Å²) in [6.45, 7) is 2.33. The van der Waals surface area contributed by atoms with Crippen LogP contribution in [0.3, 0.4) is 0 Å². The van der Waals surface area contributed by atoms with Crippen LogP contribution in [0.15, 0.2) is 59.8 Å². The molecule has 0 saturated heterocycles. The number of fused-ring (bicyclic) bond motifs is 1. The monoisotopic (exact) mass is 372 g/mol. The smallest absolute Gasteiger partial charge is 0.240 e. The predicted molar refractivity (Wildman–Crippen MR) is 98.0 cm³/mol. The van der Waals surface area contributed by atoms with Crippen molar-refractivity contribution in [3.8, 4) is 0 Å². The second-order valence-electron chi connectivity index (χ2n) is 5.94. The molecule has 1 amide bonds. The molecule has 0 atom stereocenters. The lowest BCUT2D eigenvalue weighted by molar-refractivity contribution is -0.121. The van der Waals surface area contributed by atoms with Gasteiger partial charge >= 0.3 is 0 Å². The Morgan fingerprint density at radius 2 is 1.88 bits per heavy atom. The molecule has 3 aromatic rings. The molecule has 3 rings (SSSR count). The van der Waals surface area contributed by atoms with E-state index < -0.39 is 10.0 Å². The maximum absolute atomic E-state index is 12.1. The van der Waals surface area contributed by atoms with Crippen molar-refractivity contribution >= 4 is 21.6 Å². The number of nitrogens with one attached hydrogen (secondary N) is 2. The van der Waals surface area contributed by atoms with Gasteiger partial charge in [-0.05, 0) is 30.7 Å². The number of hydrogen-bond donors (Lipinski definition) is 2. The number of imidazole rings is 1. The Kier molecular flexibility index (Phi) is 5.34. The molecule has 0 unspecified atom stereocenters. The highest BCUT2D eigenvalue weighted by Gasteiger charge is 2.13. The standard InChI is InChI=1S/C18H20N4O3S/c1-14-7-8-17-21-15(13-22(17)12-14)11-19-18(23)9-10-20-26(24,25)16-5-3-2-4-6-16/h2-8,12-13,20H,9-11H2,1H3,(H,19,23). The fourth-order valence-corrected chi connectivity index (χ4v) is 3.55. The van der Waals surface area contributed by atoms with E-state index >= 15 is 0 Å². The van der Waals surface area contributed by atoms with E-state index in [1.54, 1.807) is 18.2 Å². The van der Waals surface area contributed by atoms with Crippen LogP contribution in [0.4, 0.5) is 0 Å². The van der Waals surface area contributed by atoms with E-state index in [2.05, 4.69) is 15.0 Å². The first-order chi connectivity index (χ1) is 12.4. The molecule has 26 heavy (non-hydrogen) atoms. The summed E-state index contributed by atoms with van der Waals surface area (Å²) < 4.78 is 28.5. The molecule has 0 aliphatic heterocycles. The Morgan fingerprint density at radius 3 is 2.65 bits per heavy atom. The van der Waals surface area contributed by atoms with Gasteiger partial charge < -0.3 is 9.72 Å². The molecular weight excluding hydrogens is 352 g/mol. The molecule has 0 radical (unpaired) electrons. The van der Waals surface area contributed by atoms with Gasteiger partial charge in [0.1, 0.15) is 5.65 Å². The Hall–Kier alpha value is -2.71. The van der Waals surface area contributed by atoms with E-state index in [9.17, 15) is 13.2 Å². The summed E-state index contributed by atoms with van der Waals surface area (Å²) in [6, 6.07) is 12.0. The number of hydrogen-bond acceptors (Lipinski definition) is 4. The van der Waals surface area contributed by atoms with Crippen LogP contribution in [0.2, 0.25) is 0 Å². The van der Waals surface area contributed by atoms with E-state index in [-0.39, 0.29) is 23.8 Å². The van der Waals surface area contributed by atoms with Crippen molar-refractivity contribution < 1.29 is 13.2 Å². The van der Waals surface area contributed by atoms with Crippen molar-refractivity contribution in [3.63, 3.8) is 0 Å². The number of carbonyl (C=O) groups is 1. The van der Waals surface area contributed by atoms with Crippen LogP contribution in [0.25, 0.3) is 5.65 Å². The van der Waals surface area contributed by atoms with Crippen LogP contribution in [-0.4, -0.2) is 30.3 Å². The summed E-state index contributed by atoms with van der Waals surface area (Å²) in [5.74, 6) is -0.242. The predicted octanol–water partition coefficient (Wildman–Crippen LogP) is 1.63. The summed E-state index contributed by atoms with van der Waals surface area (Å²) in [6.07, 6.45) is 3.88. The summed E-state index contributed by atoms with van der Waals surface area (Å²) in [5, 5.41) is 2.75. The molecule has 8 heteroatoms. The molecule has 2 heterocycles. The molecule has 2 aromatic heterocycles. The van der Waals surface area contributed by atoms with Crippen LogP contribution in [-0.2, 0) is 21.4 Å². The summed E-state index contributed by atoms with van der Waals surface area (Å²) in [5.41, 5.74) is 2.68. The number of pyridine rings is 1. The third-order valence-electron chi connectivity index (χ3n) is 3.81. The van der Waals surface area contributed by atoms with Crippen LogP contribution in [0, 0.1) is 6.92 Å². The van der Waals surface area contributed by atoms with E-state index in [1.165, 1.54) is 12.1 Å². The molecule has 1 aromatic carbocycles. The van der Waals surface area contributed by atoms with Crippen LogP contribution >= 0.6 is 0 Å². The molecule has 7 nitrogen and oxygen atoms in total. The van der Waals surface area contributed by atoms with E-state index in [0.29, 0.717) is 6.54 Å². The van der Waals surface area contributed by atoms with Gasteiger partial charge in [-0.25, -0.2) is 18.1 Å². The number of aromatic nitrogens is 2. The first kappa shape index (κ1) is 18.1.